The molecule has 0 aliphatic carbocycles. The minimum atomic E-state index is -4.71. The topological polar surface area (TPSA) is 77.1 Å². The molecule has 2 heterocycles. The summed E-state index contributed by atoms with van der Waals surface area (Å²) < 4.78 is 37.0. The summed E-state index contributed by atoms with van der Waals surface area (Å²) in [5.74, 6) is 1.99. The van der Waals surface area contributed by atoms with Crippen molar-refractivity contribution in [2.45, 2.75) is 183 Å². The summed E-state index contributed by atoms with van der Waals surface area (Å²) in [6.45, 7) is 21.9. The van der Waals surface area contributed by atoms with Crippen LogP contribution in [0.4, 0.5) is 0 Å². The summed E-state index contributed by atoms with van der Waals surface area (Å²) in [5, 5.41) is 0. The van der Waals surface area contributed by atoms with Crippen LogP contribution >= 0.6 is 7.82 Å². The number of rotatable bonds is 22. The minimum absolute atomic E-state index is 0. The van der Waals surface area contributed by atoms with Crippen LogP contribution < -0.4 is 74.8 Å². The Morgan fingerprint density at radius 3 is 1.27 bits per heavy atom. The molecule has 2 aliphatic heterocycles. The molecule has 0 amide bonds. The maximum absolute atomic E-state index is 13.1. The normalized spacial score (nSPS) is 20.3. The number of ether oxygens (including phenoxy) is 2. The molecule has 4 rings (SSSR count). The van der Waals surface area contributed by atoms with E-state index in [1.165, 1.54) is 33.4 Å². The molecule has 2 atom stereocenters. The van der Waals surface area contributed by atoms with Gasteiger partial charge in [-0.1, -0.05) is 69.9 Å². The quantitative estimate of drug-likeness (QED) is 0.0667. The molecule has 6 nitrogen and oxygen atoms in total. The van der Waals surface area contributed by atoms with Crippen LogP contribution in [-0.4, -0.2) is 11.2 Å². The molecule has 2 aromatic carbocycles. The molecule has 2 aromatic rings. The maximum Gasteiger partial charge on any atom is 1.00 e. The second-order valence-corrected chi connectivity index (χ2v) is 19.5. The molecule has 0 aromatic heterocycles. The summed E-state index contributed by atoms with van der Waals surface area (Å²) in [4.78, 5) is 13.1. The van der Waals surface area contributed by atoms with Gasteiger partial charge in [0.1, 0.15) is 34.2 Å². The predicted molar refractivity (Wildman–Crippen MR) is 246 cm³/mol. The van der Waals surface area contributed by atoms with E-state index in [1.807, 2.05) is 12.1 Å². The molecule has 0 saturated heterocycles. The third-order valence-electron chi connectivity index (χ3n) is 11.6. The average molecular weight is 865 g/mol. The molecule has 324 valence electrons. The maximum atomic E-state index is 13.1. The van der Waals surface area contributed by atoms with Crippen molar-refractivity contribution in [3.8, 4) is 23.0 Å². The molecule has 0 fully saturated rings. The largest absolute Gasteiger partial charge is 1.00 e. The van der Waals surface area contributed by atoms with Gasteiger partial charge in [-0.15, -0.1) is 0 Å². The Morgan fingerprint density at radius 2 is 0.917 bits per heavy atom. The van der Waals surface area contributed by atoms with Gasteiger partial charge in [-0.2, -0.15) is 0 Å². The first-order valence-electron chi connectivity index (χ1n) is 22.1. The molecule has 0 N–H and O–H groups in total. The van der Waals surface area contributed by atoms with Gasteiger partial charge in [0.05, 0.1) is 0 Å². The van der Waals surface area contributed by atoms with E-state index < -0.39 is 7.82 Å². The van der Waals surface area contributed by atoms with E-state index in [-0.39, 0.29) is 74.1 Å². The van der Waals surface area contributed by atoms with Gasteiger partial charge in [0, 0.05) is 0 Å². The second kappa shape index (κ2) is 25.3. The molecular formula is C52H74KO6P. The van der Waals surface area contributed by atoms with Crippen LogP contribution in [0, 0.1) is 0 Å². The number of allylic oxidation sites excluding steroid dienone is 12. The van der Waals surface area contributed by atoms with E-state index in [2.05, 4.69) is 106 Å². The Labute approximate surface area is 407 Å². The van der Waals surface area contributed by atoms with Crippen LogP contribution in [0.15, 0.2) is 106 Å². The Balaban J connectivity index is 0.00000961. The van der Waals surface area contributed by atoms with Gasteiger partial charge in [-0.3, -0.25) is 0 Å². The number of benzene rings is 2. The van der Waals surface area contributed by atoms with Gasteiger partial charge in [0.25, 0.3) is 0 Å². The zero-order valence-electron chi connectivity index (χ0n) is 39.1. The van der Waals surface area contributed by atoms with E-state index in [9.17, 15) is 9.46 Å². The van der Waals surface area contributed by atoms with Gasteiger partial charge in [-0.25, -0.2) is 4.57 Å². The van der Waals surface area contributed by atoms with Crippen molar-refractivity contribution >= 4 is 7.82 Å². The minimum Gasteiger partial charge on any atom is -0.736 e. The summed E-state index contributed by atoms with van der Waals surface area (Å²) in [7, 11) is -4.71. The summed E-state index contributed by atoms with van der Waals surface area (Å²) in [6.07, 6.45) is 29.9. The van der Waals surface area contributed by atoms with Crippen LogP contribution in [0.1, 0.15) is 170 Å². The van der Waals surface area contributed by atoms with Crippen molar-refractivity contribution in [3.63, 3.8) is 0 Å². The van der Waals surface area contributed by atoms with Crippen LogP contribution in [-0.2, 0) is 17.4 Å². The molecule has 8 heteroatoms. The van der Waals surface area contributed by atoms with Crippen molar-refractivity contribution in [1.29, 1.82) is 0 Å². The van der Waals surface area contributed by atoms with Crippen molar-refractivity contribution in [1.82, 2.24) is 0 Å². The smallest absolute Gasteiger partial charge is 0.736 e. The van der Waals surface area contributed by atoms with E-state index in [0.29, 0.717) is 0 Å². The fourth-order valence-electron chi connectivity index (χ4n) is 7.80. The number of hydrogen-bond acceptors (Lipinski definition) is 6. The van der Waals surface area contributed by atoms with Gasteiger partial charge >= 0.3 is 59.2 Å². The fraction of sp³-hybridized carbons (Fsp3) is 0.538. The molecule has 2 aliphatic rings. The molecule has 0 saturated carbocycles. The summed E-state index contributed by atoms with van der Waals surface area (Å²) >= 11 is 0. The van der Waals surface area contributed by atoms with Gasteiger partial charge in [-0.05, 0) is 219 Å². The van der Waals surface area contributed by atoms with Crippen LogP contribution in [0.25, 0.3) is 0 Å². The summed E-state index contributed by atoms with van der Waals surface area (Å²) in [6, 6.07) is 10.4. The van der Waals surface area contributed by atoms with Gasteiger partial charge in [0.2, 0.25) is 0 Å². The Morgan fingerprint density at radius 1 is 0.583 bits per heavy atom. The van der Waals surface area contributed by atoms with Gasteiger partial charge in [0.15, 0.2) is 0 Å². The van der Waals surface area contributed by atoms with Crippen LogP contribution in [0.2, 0.25) is 0 Å². The van der Waals surface area contributed by atoms with E-state index in [1.54, 1.807) is 24.3 Å². The first-order valence-corrected chi connectivity index (χ1v) is 23.6. The van der Waals surface area contributed by atoms with Crippen LogP contribution in [0.5, 0.6) is 23.0 Å². The number of phosphoric acid groups is 1. The molecule has 0 bridgehead atoms. The van der Waals surface area contributed by atoms with Crippen molar-refractivity contribution in [2.24, 2.45) is 0 Å². The zero-order valence-corrected chi connectivity index (χ0v) is 43.2. The third-order valence-corrected chi connectivity index (χ3v) is 12.5. The summed E-state index contributed by atoms with van der Waals surface area (Å²) in [5.41, 5.74) is 9.83. The second-order valence-electron chi connectivity index (χ2n) is 18.3. The fourth-order valence-corrected chi connectivity index (χ4v) is 8.58. The zero-order chi connectivity index (χ0) is 43.1. The van der Waals surface area contributed by atoms with Crippen molar-refractivity contribution in [2.75, 3.05) is 0 Å². The average Bonchev–Trinajstić information content (AvgIpc) is 3.14. The molecule has 2 unspecified atom stereocenters. The van der Waals surface area contributed by atoms with Gasteiger partial charge < -0.3 is 23.4 Å². The Bertz CT molecular complexity index is 1810. The Hall–Kier alpha value is -2.09. The SMILES string of the molecule is CC(C)=CCC/C(C)=C/CC/C(C)=C/CCC1(C)CCc2cc(OP(=O)([O-])Oc3ccc4c(c3)CCC(C)(CC/C=C(\C)CC/C=C(\C)CCC=C(C)C)O4)ccc2O1.[K+]. The van der Waals surface area contributed by atoms with E-state index >= 15 is 0 Å². The molecular weight excluding hydrogens is 791 g/mol. The monoisotopic (exact) mass is 864 g/mol. The predicted octanol–water partition coefficient (Wildman–Crippen LogP) is 12.2. The van der Waals surface area contributed by atoms with Crippen LogP contribution in [0.3, 0.4) is 0 Å². The number of aryl methyl sites for hydroxylation is 2. The standard InChI is InChI=1S/C52H75O6P.K/c1-39(2)17-11-19-41(5)21-13-23-43(7)25-15-33-51(9)35-31-45-37-47(27-29-49(45)55-51)57-59(53,54)58-48-28-30-50-46(38-48)32-36-52(10,56-50)34-16-26-44(8)24-14-22-42(6)20-12-18-40(3)4;/h17-18,21-22,25-30,37-38H,11-16,19-20,23-24,31-36H2,1-10H3,(H,53,54);/q;+1/p-1/b41-21+,42-22+,43-25+,44-26+;. The molecule has 0 spiro atoms. The number of phosphoric ester groups is 1. The third kappa shape index (κ3) is 19.1. The van der Waals surface area contributed by atoms with E-state index in [4.69, 9.17) is 18.5 Å². The van der Waals surface area contributed by atoms with Crippen molar-refractivity contribution < 1.29 is 79.4 Å². The first kappa shape index (κ1) is 52.3. The first-order chi connectivity index (χ1) is 27.9. The molecule has 0 radical (unpaired) electrons. The van der Waals surface area contributed by atoms with E-state index in [0.717, 1.165) is 125 Å². The Kier molecular flexibility index (Phi) is 22.0. The number of fused-ring (bicyclic) bond motifs is 2. The number of hydrogen-bond donors (Lipinski definition) is 0. The molecule has 60 heavy (non-hydrogen) atoms. The van der Waals surface area contributed by atoms with Crippen molar-refractivity contribution in [3.05, 3.63) is 117 Å².